The highest BCUT2D eigenvalue weighted by molar-refractivity contribution is 7.09. The van der Waals surface area contributed by atoms with Crippen LogP contribution in [0.5, 0.6) is 0 Å². The van der Waals surface area contributed by atoms with Crippen LogP contribution in [0.1, 0.15) is 26.6 Å². The van der Waals surface area contributed by atoms with E-state index in [9.17, 15) is 4.79 Å². The standard InChI is InChI=1S/C18H25N5OS/c1-13-5-4-6-15(11-13)17(24)20-9-10-22-18(19-3)21-8-7-16-12-25-14(2)23-16/h4-6,11-12H,7-10H2,1-3H3,(H,20,24)(H2,19,21,22). The van der Waals surface area contributed by atoms with Crippen LogP contribution < -0.4 is 16.0 Å². The molecule has 2 aromatic rings. The third-order valence-corrected chi connectivity index (χ3v) is 4.37. The van der Waals surface area contributed by atoms with Gasteiger partial charge in [0.1, 0.15) is 0 Å². The van der Waals surface area contributed by atoms with Crippen LogP contribution in [0.4, 0.5) is 0 Å². The van der Waals surface area contributed by atoms with Crippen molar-refractivity contribution >= 4 is 23.2 Å². The average Bonchev–Trinajstić information content (AvgIpc) is 3.02. The van der Waals surface area contributed by atoms with Crippen LogP contribution >= 0.6 is 11.3 Å². The predicted molar refractivity (Wildman–Crippen MR) is 103 cm³/mol. The summed E-state index contributed by atoms with van der Waals surface area (Å²) in [5.41, 5.74) is 2.85. The molecule has 1 aromatic heterocycles. The van der Waals surface area contributed by atoms with E-state index in [4.69, 9.17) is 0 Å². The average molecular weight is 359 g/mol. The number of hydrogen-bond donors (Lipinski definition) is 3. The van der Waals surface area contributed by atoms with Gasteiger partial charge in [-0.25, -0.2) is 4.98 Å². The number of aliphatic imine (C=N–C) groups is 1. The van der Waals surface area contributed by atoms with Gasteiger partial charge in [-0.2, -0.15) is 0 Å². The van der Waals surface area contributed by atoms with E-state index in [-0.39, 0.29) is 5.91 Å². The quantitative estimate of drug-likeness (QED) is 0.401. The number of carbonyl (C=O) groups is 1. The maximum absolute atomic E-state index is 12.1. The number of aryl methyl sites for hydroxylation is 2. The molecule has 134 valence electrons. The third-order valence-electron chi connectivity index (χ3n) is 3.55. The largest absolute Gasteiger partial charge is 0.356 e. The van der Waals surface area contributed by atoms with E-state index in [0.29, 0.717) is 18.7 Å². The fourth-order valence-electron chi connectivity index (χ4n) is 2.30. The van der Waals surface area contributed by atoms with E-state index >= 15 is 0 Å². The summed E-state index contributed by atoms with van der Waals surface area (Å²) in [5.74, 6) is 0.657. The van der Waals surface area contributed by atoms with Gasteiger partial charge in [0.15, 0.2) is 5.96 Å². The van der Waals surface area contributed by atoms with Gasteiger partial charge in [-0.3, -0.25) is 9.79 Å². The van der Waals surface area contributed by atoms with Crippen molar-refractivity contribution in [2.45, 2.75) is 20.3 Å². The Hall–Kier alpha value is -2.41. The Labute approximate surface area is 152 Å². The van der Waals surface area contributed by atoms with Crippen molar-refractivity contribution in [2.24, 2.45) is 4.99 Å². The lowest BCUT2D eigenvalue weighted by atomic mass is 10.1. The maximum atomic E-state index is 12.1. The van der Waals surface area contributed by atoms with Crippen LogP contribution in [-0.4, -0.2) is 43.5 Å². The Kier molecular flexibility index (Phi) is 7.40. The predicted octanol–water partition coefficient (Wildman–Crippen LogP) is 1.90. The van der Waals surface area contributed by atoms with Gasteiger partial charge < -0.3 is 16.0 Å². The molecule has 7 heteroatoms. The summed E-state index contributed by atoms with van der Waals surface area (Å²) in [6, 6.07) is 7.55. The number of guanidine groups is 1. The van der Waals surface area contributed by atoms with Gasteiger partial charge >= 0.3 is 0 Å². The summed E-state index contributed by atoms with van der Waals surface area (Å²) < 4.78 is 0. The monoisotopic (exact) mass is 359 g/mol. The van der Waals surface area contributed by atoms with Crippen LogP contribution in [0.15, 0.2) is 34.6 Å². The molecule has 2 rings (SSSR count). The second-order valence-corrected chi connectivity index (χ2v) is 6.72. The summed E-state index contributed by atoms with van der Waals surface area (Å²) in [7, 11) is 1.73. The number of aromatic nitrogens is 1. The van der Waals surface area contributed by atoms with Gasteiger partial charge in [-0.05, 0) is 26.0 Å². The Morgan fingerprint density at radius 2 is 1.92 bits per heavy atom. The summed E-state index contributed by atoms with van der Waals surface area (Å²) in [4.78, 5) is 20.7. The molecule has 0 saturated heterocycles. The minimum atomic E-state index is -0.0626. The molecule has 3 N–H and O–H groups in total. The first kappa shape index (κ1) is 18.9. The number of nitrogens with zero attached hydrogens (tertiary/aromatic N) is 2. The van der Waals surface area contributed by atoms with E-state index < -0.39 is 0 Å². The van der Waals surface area contributed by atoms with E-state index in [1.165, 1.54) is 0 Å². The highest BCUT2D eigenvalue weighted by Crippen LogP contribution is 2.07. The first-order valence-electron chi connectivity index (χ1n) is 8.29. The van der Waals surface area contributed by atoms with Crippen molar-refractivity contribution < 1.29 is 4.79 Å². The molecule has 0 unspecified atom stereocenters. The number of nitrogens with one attached hydrogen (secondary N) is 3. The van der Waals surface area contributed by atoms with E-state index in [2.05, 4.69) is 31.3 Å². The Bertz CT molecular complexity index is 726. The minimum Gasteiger partial charge on any atom is -0.356 e. The smallest absolute Gasteiger partial charge is 0.251 e. The number of carbonyl (C=O) groups excluding carboxylic acids is 1. The lowest BCUT2D eigenvalue weighted by molar-refractivity contribution is 0.0954. The van der Waals surface area contributed by atoms with E-state index in [1.807, 2.05) is 38.1 Å². The van der Waals surface area contributed by atoms with Crippen molar-refractivity contribution in [2.75, 3.05) is 26.7 Å². The molecule has 0 atom stereocenters. The fourth-order valence-corrected chi connectivity index (χ4v) is 2.95. The normalized spacial score (nSPS) is 11.2. The summed E-state index contributed by atoms with van der Waals surface area (Å²) in [6.07, 6.45) is 0.856. The molecular formula is C18H25N5OS. The molecular weight excluding hydrogens is 334 g/mol. The van der Waals surface area contributed by atoms with Crippen LogP contribution in [0.2, 0.25) is 0 Å². The van der Waals surface area contributed by atoms with Crippen LogP contribution in [0.25, 0.3) is 0 Å². The first-order chi connectivity index (χ1) is 12.1. The lowest BCUT2D eigenvalue weighted by Gasteiger charge is -2.12. The second-order valence-electron chi connectivity index (χ2n) is 5.66. The zero-order chi connectivity index (χ0) is 18.1. The SMILES string of the molecule is CN=C(NCCNC(=O)c1cccc(C)c1)NCCc1csc(C)n1. The molecule has 1 amide bonds. The topological polar surface area (TPSA) is 78.4 Å². The van der Waals surface area contributed by atoms with Gasteiger partial charge in [0.2, 0.25) is 0 Å². The second kappa shape index (κ2) is 9.78. The highest BCUT2D eigenvalue weighted by atomic mass is 32.1. The highest BCUT2D eigenvalue weighted by Gasteiger charge is 2.05. The number of amides is 1. The van der Waals surface area contributed by atoms with Crippen LogP contribution in [-0.2, 0) is 6.42 Å². The molecule has 0 aliphatic carbocycles. The third kappa shape index (κ3) is 6.54. The fraction of sp³-hybridized carbons (Fsp3) is 0.389. The van der Waals surface area contributed by atoms with Gasteiger partial charge in [0, 0.05) is 44.0 Å². The Morgan fingerprint density at radius 3 is 2.60 bits per heavy atom. The van der Waals surface area contributed by atoms with Crippen molar-refractivity contribution in [1.29, 1.82) is 0 Å². The van der Waals surface area contributed by atoms with Gasteiger partial charge in [0.05, 0.1) is 10.7 Å². The maximum Gasteiger partial charge on any atom is 0.251 e. The zero-order valence-corrected chi connectivity index (χ0v) is 15.7. The first-order valence-corrected chi connectivity index (χ1v) is 9.17. The Morgan fingerprint density at radius 1 is 1.16 bits per heavy atom. The van der Waals surface area contributed by atoms with Crippen molar-refractivity contribution in [3.8, 4) is 0 Å². The summed E-state index contributed by atoms with van der Waals surface area (Å²) in [5, 5.41) is 12.5. The molecule has 25 heavy (non-hydrogen) atoms. The number of thiazole rings is 1. The van der Waals surface area contributed by atoms with Crippen molar-refractivity contribution in [3.63, 3.8) is 0 Å². The van der Waals surface area contributed by atoms with Crippen LogP contribution in [0, 0.1) is 13.8 Å². The number of rotatable bonds is 7. The molecule has 6 nitrogen and oxygen atoms in total. The summed E-state index contributed by atoms with van der Waals surface area (Å²) in [6.45, 7) is 5.87. The molecule has 0 aliphatic heterocycles. The van der Waals surface area contributed by atoms with E-state index in [1.54, 1.807) is 18.4 Å². The van der Waals surface area contributed by atoms with Gasteiger partial charge in [-0.15, -0.1) is 11.3 Å². The van der Waals surface area contributed by atoms with Crippen LogP contribution in [0.3, 0.4) is 0 Å². The number of hydrogen-bond acceptors (Lipinski definition) is 4. The summed E-state index contributed by atoms with van der Waals surface area (Å²) >= 11 is 1.66. The van der Waals surface area contributed by atoms with Gasteiger partial charge in [0.25, 0.3) is 5.91 Å². The molecule has 0 fully saturated rings. The molecule has 0 bridgehead atoms. The zero-order valence-electron chi connectivity index (χ0n) is 14.9. The molecule has 0 saturated carbocycles. The molecule has 1 heterocycles. The molecule has 1 aromatic carbocycles. The van der Waals surface area contributed by atoms with Gasteiger partial charge in [-0.1, -0.05) is 17.7 Å². The number of benzene rings is 1. The molecule has 0 spiro atoms. The van der Waals surface area contributed by atoms with Crippen molar-refractivity contribution in [3.05, 3.63) is 51.5 Å². The van der Waals surface area contributed by atoms with Crippen molar-refractivity contribution in [1.82, 2.24) is 20.9 Å². The molecule has 0 radical (unpaired) electrons. The minimum absolute atomic E-state index is 0.0626. The Balaban J connectivity index is 1.64. The molecule has 0 aliphatic rings. The van der Waals surface area contributed by atoms with E-state index in [0.717, 1.165) is 35.2 Å². The lowest BCUT2D eigenvalue weighted by Crippen LogP contribution is -2.42.